The fraction of sp³-hybridized carbons (Fsp3) is 0.800. The van der Waals surface area contributed by atoms with Gasteiger partial charge in [-0.25, -0.2) is 9.59 Å². The fourth-order valence-corrected chi connectivity index (χ4v) is 2.90. The molecule has 4 unspecified atom stereocenters. The fourth-order valence-electron chi connectivity index (χ4n) is 2.90. The molecule has 2 amide bonds. The lowest BCUT2D eigenvalue weighted by atomic mass is 10.1. The molecule has 0 aromatic rings. The summed E-state index contributed by atoms with van der Waals surface area (Å²) in [5.41, 5.74) is 0. The van der Waals surface area contributed by atoms with Crippen molar-refractivity contribution in [2.75, 3.05) is 19.6 Å². The van der Waals surface area contributed by atoms with Crippen molar-refractivity contribution in [2.24, 2.45) is 0 Å². The first kappa shape index (κ1) is 13.4. The predicted molar refractivity (Wildman–Crippen MR) is 58.8 cm³/mol. The van der Waals surface area contributed by atoms with Crippen LogP contribution < -0.4 is 0 Å². The molecule has 0 spiro atoms. The number of rotatable bonds is 0. The standard InChI is InChI=1S/C10H14N2O8/c13-8(14)11-1-4-5(2-11)20-7-6(19-4)3-12(9(15)16)10(7,17)18/h4-7,17-18H,1-3H2,(H,13,14)(H,15,16). The zero-order valence-corrected chi connectivity index (χ0v) is 10.2. The summed E-state index contributed by atoms with van der Waals surface area (Å²) in [5, 5.41) is 37.6. The van der Waals surface area contributed by atoms with Gasteiger partial charge in [0.1, 0.15) is 18.3 Å². The minimum absolute atomic E-state index is 0.0480. The van der Waals surface area contributed by atoms with E-state index in [4.69, 9.17) is 19.7 Å². The molecule has 0 aliphatic carbocycles. The van der Waals surface area contributed by atoms with E-state index in [-0.39, 0.29) is 19.6 Å². The first-order valence-corrected chi connectivity index (χ1v) is 6.05. The van der Waals surface area contributed by atoms with Gasteiger partial charge in [0.05, 0.1) is 19.6 Å². The van der Waals surface area contributed by atoms with Crippen molar-refractivity contribution in [3.8, 4) is 0 Å². The first-order chi connectivity index (χ1) is 9.30. The Bertz CT molecular complexity index is 455. The van der Waals surface area contributed by atoms with Gasteiger partial charge in [-0.15, -0.1) is 0 Å². The number of hydrogen-bond acceptors (Lipinski definition) is 6. The molecule has 4 atom stereocenters. The van der Waals surface area contributed by atoms with Gasteiger partial charge in [-0.3, -0.25) is 4.90 Å². The second-order valence-corrected chi connectivity index (χ2v) is 5.08. The molecular formula is C10H14N2O8. The number of hydrogen-bond donors (Lipinski definition) is 4. The third-order valence-corrected chi connectivity index (χ3v) is 3.87. The van der Waals surface area contributed by atoms with Crippen LogP contribution in [0.2, 0.25) is 0 Å². The maximum absolute atomic E-state index is 11.0. The molecule has 0 saturated carbocycles. The Kier molecular flexibility index (Phi) is 2.80. The van der Waals surface area contributed by atoms with Crippen molar-refractivity contribution in [1.82, 2.24) is 9.80 Å². The van der Waals surface area contributed by atoms with Crippen LogP contribution in [0.4, 0.5) is 9.59 Å². The number of nitrogens with zero attached hydrogens (tertiary/aromatic N) is 2. The number of amides is 2. The third kappa shape index (κ3) is 1.80. The van der Waals surface area contributed by atoms with Crippen molar-refractivity contribution in [2.45, 2.75) is 30.3 Å². The van der Waals surface area contributed by atoms with E-state index in [9.17, 15) is 19.8 Å². The molecule has 3 saturated heterocycles. The van der Waals surface area contributed by atoms with E-state index >= 15 is 0 Å². The summed E-state index contributed by atoms with van der Waals surface area (Å²) in [5.74, 6) is -2.68. The molecule has 0 aromatic heterocycles. The Hall–Kier alpha value is -1.62. The van der Waals surface area contributed by atoms with E-state index < -0.39 is 42.5 Å². The SMILES string of the molecule is O=C(O)N1CC2OC3CN(C(=O)O)C(O)(O)C3OC2C1. The molecule has 0 aromatic carbocycles. The molecule has 3 aliphatic heterocycles. The van der Waals surface area contributed by atoms with Gasteiger partial charge in [0, 0.05) is 0 Å². The predicted octanol–water partition coefficient (Wildman–Crippen LogP) is -1.87. The second-order valence-electron chi connectivity index (χ2n) is 5.08. The second kappa shape index (κ2) is 4.19. The largest absolute Gasteiger partial charge is 0.465 e. The summed E-state index contributed by atoms with van der Waals surface area (Å²) in [7, 11) is 0. The number of carboxylic acid groups (broad SMARTS) is 2. The average Bonchev–Trinajstić information content (AvgIpc) is 2.86. The van der Waals surface area contributed by atoms with Crippen LogP contribution >= 0.6 is 0 Å². The normalized spacial score (nSPS) is 38.5. The smallest absolute Gasteiger partial charge is 0.411 e. The number of ether oxygens (including phenoxy) is 2. The number of carbonyl (C=O) groups is 2. The van der Waals surface area contributed by atoms with Crippen molar-refractivity contribution in [3.63, 3.8) is 0 Å². The monoisotopic (exact) mass is 290 g/mol. The van der Waals surface area contributed by atoms with Crippen molar-refractivity contribution in [3.05, 3.63) is 0 Å². The molecule has 112 valence electrons. The Morgan fingerprint density at radius 3 is 2.10 bits per heavy atom. The van der Waals surface area contributed by atoms with Crippen LogP contribution in [-0.2, 0) is 9.47 Å². The van der Waals surface area contributed by atoms with E-state index in [1.807, 2.05) is 0 Å². The van der Waals surface area contributed by atoms with Crippen molar-refractivity contribution < 1.29 is 39.5 Å². The average molecular weight is 290 g/mol. The van der Waals surface area contributed by atoms with Gasteiger partial charge < -0.3 is 34.8 Å². The zero-order valence-electron chi connectivity index (χ0n) is 10.2. The molecule has 4 N–H and O–H groups in total. The van der Waals surface area contributed by atoms with Crippen LogP contribution in [0.15, 0.2) is 0 Å². The first-order valence-electron chi connectivity index (χ1n) is 6.05. The molecule has 20 heavy (non-hydrogen) atoms. The quantitative estimate of drug-likeness (QED) is 0.380. The number of likely N-dealkylation sites (tertiary alicyclic amines) is 2. The molecule has 3 fully saturated rings. The van der Waals surface area contributed by atoms with Gasteiger partial charge in [0.15, 0.2) is 6.10 Å². The van der Waals surface area contributed by atoms with Crippen LogP contribution in [-0.4, -0.2) is 92.4 Å². The molecule has 0 bridgehead atoms. The number of aliphatic hydroxyl groups is 2. The molecule has 3 rings (SSSR count). The molecule has 0 radical (unpaired) electrons. The van der Waals surface area contributed by atoms with Crippen LogP contribution in [0.25, 0.3) is 0 Å². The van der Waals surface area contributed by atoms with Crippen molar-refractivity contribution in [1.29, 1.82) is 0 Å². The summed E-state index contributed by atoms with van der Waals surface area (Å²) in [6.07, 6.45) is -5.86. The van der Waals surface area contributed by atoms with E-state index in [0.717, 1.165) is 4.90 Å². The maximum atomic E-state index is 11.0. The van der Waals surface area contributed by atoms with Gasteiger partial charge in [-0.05, 0) is 0 Å². The lowest BCUT2D eigenvalue weighted by Crippen LogP contribution is -2.58. The highest BCUT2D eigenvalue weighted by atomic mass is 16.7. The maximum Gasteiger partial charge on any atom is 0.411 e. The zero-order chi connectivity index (χ0) is 14.7. The summed E-state index contributed by atoms with van der Waals surface area (Å²) < 4.78 is 11.1. The minimum Gasteiger partial charge on any atom is -0.465 e. The van der Waals surface area contributed by atoms with Crippen LogP contribution in [0.1, 0.15) is 0 Å². The van der Waals surface area contributed by atoms with Gasteiger partial charge in [0.2, 0.25) is 0 Å². The van der Waals surface area contributed by atoms with Crippen LogP contribution in [0.3, 0.4) is 0 Å². The van der Waals surface area contributed by atoms with Gasteiger partial charge in [0.25, 0.3) is 5.91 Å². The summed E-state index contributed by atoms with van der Waals surface area (Å²) in [4.78, 5) is 23.4. The number of fused-ring (bicyclic) bond motifs is 2. The van der Waals surface area contributed by atoms with Gasteiger partial charge in [-0.1, -0.05) is 0 Å². The highest BCUT2D eigenvalue weighted by molar-refractivity contribution is 5.66. The van der Waals surface area contributed by atoms with E-state index in [1.165, 1.54) is 0 Å². The highest BCUT2D eigenvalue weighted by Crippen LogP contribution is 2.37. The molecule has 10 heteroatoms. The molecular weight excluding hydrogens is 276 g/mol. The molecule has 10 nitrogen and oxygen atoms in total. The minimum atomic E-state index is -2.68. The molecule has 3 aliphatic rings. The third-order valence-electron chi connectivity index (χ3n) is 3.87. The van der Waals surface area contributed by atoms with Gasteiger partial charge >= 0.3 is 12.2 Å². The lowest BCUT2D eigenvalue weighted by molar-refractivity contribution is -0.315. The topological polar surface area (TPSA) is 140 Å². The van der Waals surface area contributed by atoms with Gasteiger partial charge in [-0.2, -0.15) is 0 Å². The Balaban J connectivity index is 1.77. The van der Waals surface area contributed by atoms with Crippen molar-refractivity contribution >= 4 is 12.2 Å². The van der Waals surface area contributed by atoms with Crippen LogP contribution in [0.5, 0.6) is 0 Å². The Morgan fingerprint density at radius 2 is 1.55 bits per heavy atom. The lowest BCUT2D eigenvalue weighted by Gasteiger charge is -2.37. The Morgan fingerprint density at radius 1 is 0.950 bits per heavy atom. The Labute approximate surface area is 112 Å². The van der Waals surface area contributed by atoms with E-state index in [1.54, 1.807) is 0 Å². The highest BCUT2D eigenvalue weighted by Gasteiger charge is 2.61. The summed E-state index contributed by atoms with van der Waals surface area (Å²) >= 11 is 0. The summed E-state index contributed by atoms with van der Waals surface area (Å²) in [6, 6.07) is 0. The van der Waals surface area contributed by atoms with E-state index in [0.29, 0.717) is 4.90 Å². The summed E-state index contributed by atoms with van der Waals surface area (Å²) in [6.45, 7) is -0.0875. The van der Waals surface area contributed by atoms with E-state index in [2.05, 4.69) is 0 Å². The van der Waals surface area contributed by atoms with Crippen LogP contribution in [0, 0.1) is 0 Å². The molecule has 3 heterocycles.